The van der Waals surface area contributed by atoms with Gasteiger partial charge >= 0.3 is 5.97 Å². The average molecular weight is 378 g/mol. The van der Waals surface area contributed by atoms with Gasteiger partial charge in [0.15, 0.2) is 5.82 Å². The summed E-state index contributed by atoms with van der Waals surface area (Å²) in [7, 11) is 0. The Labute approximate surface area is 163 Å². The fourth-order valence-corrected chi connectivity index (χ4v) is 4.21. The van der Waals surface area contributed by atoms with E-state index in [0.717, 1.165) is 47.2 Å². The van der Waals surface area contributed by atoms with Crippen LogP contribution in [-0.4, -0.2) is 27.8 Å². The molecule has 0 spiro atoms. The van der Waals surface area contributed by atoms with E-state index >= 15 is 0 Å². The zero-order chi connectivity index (χ0) is 18.5. The van der Waals surface area contributed by atoms with E-state index in [9.17, 15) is 4.79 Å². The molecule has 2 aromatic carbocycles. The molecule has 4 rings (SSSR count). The number of esters is 1. The summed E-state index contributed by atoms with van der Waals surface area (Å²) < 4.78 is 5.64. The van der Waals surface area contributed by atoms with Crippen LogP contribution in [0.4, 0.5) is 0 Å². The predicted molar refractivity (Wildman–Crippen MR) is 109 cm³/mol. The van der Waals surface area contributed by atoms with Crippen LogP contribution in [0.1, 0.15) is 32.1 Å². The third kappa shape index (κ3) is 4.48. The summed E-state index contributed by atoms with van der Waals surface area (Å²) in [6.45, 7) is 0. The Bertz CT molecular complexity index is 924. The molecule has 1 aliphatic rings. The minimum atomic E-state index is -0.157. The first-order valence-corrected chi connectivity index (χ1v) is 10.4. The molecule has 27 heavy (non-hydrogen) atoms. The number of aromatic nitrogens is 2. The third-order valence-corrected chi connectivity index (χ3v) is 5.74. The summed E-state index contributed by atoms with van der Waals surface area (Å²) in [5, 5.41) is 1.78. The minimum Gasteiger partial charge on any atom is -0.462 e. The Morgan fingerprint density at radius 1 is 0.963 bits per heavy atom. The van der Waals surface area contributed by atoms with Crippen molar-refractivity contribution in [2.24, 2.45) is 0 Å². The number of thioether (sulfide) groups is 1. The molecule has 5 heteroatoms. The molecule has 0 atom stereocenters. The van der Waals surface area contributed by atoms with E-state index in [-0.39, 0.29) is 17.8 Å². The van der Waals surface area contributed by atoms with Crippen LogP contribution in [0.3, 0.4) is 0 Å². The number of benzene rings is 2. The largest absolute Gasteiger partial charge is 0.462 e. The van der Waals surface area contributed by atoms with Crippen LogP contribution in [-0.2, 0) is 9.53 Å². The highest BCUT2D eigenvalue weighted by Gasteiger charge is 2.18. The molecule has 4 nitrogen and oxygen atoms in total. The van der Waals surface area contributed by atoms with Crippen molar-refractivity contribution < 1.29 is 9.53 Å². The van der Waals surface area contributed by atoms with Crippen molar-refractivity contribution in [1.29, 1.82) is 0 Å². The zero-order valence-corrected chi connectivity index (χ0v) is 16.0. The van der Waals surface area contributed by atoms with Gasteiger partial charge < -0.3 is 4.74 Å². The molecule has 1 fully saturated rings. The standard InChI is InChI=1S/C22H22N2O2S/c25-20(26-17-11-5-2-6-12-17)15-27-22-18-13-7-8-14-19(18)23-21(24-22)16-9-3-1-4-10-16/h1,3-4,7-10,13-14,17H,2,5-6,11-12,15H2. The van der Waals surface area contributed by atoms with Crippen molar-refractivity contribution in [2.45, 2.75) is 43.2 Å². The summed E-state index contributed by atoms with van der Waals surface area (Å²) in [5.74, 6) is 0.791. The normalized spacial score (nSPS) is 15.0. The number of ether oxygens (including phenoxy) is 1. The number of hydrogen-bond acceptors (Lipinski definition) is 5. The highest BCUT2D eigenvalue weighted by Crippen LogP contribution is 2.29. The quantitative estimate of drug-likeness (QED) is 0.344. The van der Waals surface area contributed by atoms with Crippen molar-refractivity contribution in [1.82, 2.24) is 9.97 Å². The lowest BCUT2D eigenvalue weighted by Crippen LogP contribution is -2.21. The fourth-order valence-electron chi connectivity index (χ4n) is 3.40. The van der Waals surface area contributed by atoms with Crippen LogP contribution in [0.25, 0.3) is 22.3 Å². The second kappa shape index (κ2) is 8.53. The molecule has 0 unspecified atom stereocenters. The van der Waals surface area contributed by atoms with E-state index in [4.69, 9.17) is 9.72 Å². The molecular formula is C22H22N2O2S. The Balaban J connectivity index is 1.54. The summed E-state index contributed by atoms with van der Waals surface area (Å²) in [5.41, 5.74) is 1.85. The van der Waals surface area contributed by atoms with Gasteiger partial charge in [-0.2, -0.15) is 0 Å². The Hall–Kier alpha value is -2.40. The van der Waals surface area contributed by atoms with Gasteiger partial charge in [0.1, 0.15) is 11.1 Å². The first-order valence-electron chi connectivity index (χ1n) is 9.44. The van der Waals surface area contributed by atoms with Gasteiger partial charge in [-0.3, -0.25) is 4.79 Å². The van der Waals surface area contributed by atoms with Gasteiger partial charge in [0.05, 0.1) is 11.3 Å². The number of rotatable bonds is 5. The first-order chi connectivity index (χ1) is 13.3. The highest BCUT2D eigenvalue weighted by atomic mass is 32.2. The first kappa shape index (κ1) is 18.0. The van der Waals surface area contributed by atoms with Crippen LogP contribution in [0.15, 0.2) is 59.6 Å². The lowest BCUT2D eigenvalue weighted by atomic mass is 9.98. The van der Waals surface area contributed by atoms with E-state index in [1.807, 2.05) is 54.6 Å². The van der Waals surface area contributed by atoms with Crippen LogP contribution in [0, 0.1) is 0 Å². The van der Waals surface area contributed by atoms with Crippen LogP contribution in [0.5, 0.6) is 0 Å². The molecule has 0 aliphatic heterocycles. The highest BCUT2D eigenvalue weighted by molar-refractivity contribution is 8.00. The molecule has 0 bridgehead atoms. The summed E-state index contributed by atoms with van der Waals surface area (Å²) in [6.07, 6.45) is 5.63. The van der Waals surface area contributed by atoms with Gasteiger partial charge in [0, 0.05) is 10.9 Å². The molecule has 1 aliphatic carbocycles. The molecule has 0 N–H and O–H groups in total. The van der Waals surface area contributed by atoms with Crippen LogP contribution < -0.4 is 0 Å². The van der Waals surface area contributed by atoms with Crippen molar-refractivity contribution >= 4 is 28.6 Å². The molecule has 0 radical (unpaired) electrons. The zero-order valence-electron chi connectivity index (χ0n) is 15.1. The lowest BCUT2D eigenvalue weighted by molar-refractivity contribution is -0.147. The predicted octanol–water partition coefficient (Wildman–Crippen LogP) is 5.26. The van der Waals surface area contributed by atoms with Gasteiger partial charge in [0.2, 0.25) is 0 Å². The van der Waals surface area contributed by atoms with Gasteiger partial charge in [-0.05, 0) is 31.7 Å². The maximum atomic E-state index is 12.3. The van der Waals surface area contributed by atoms with Crippen molar-refractivity contribution in [2.75, 3.05) is 5.75 Å². The van der Waals surface area contributed by atoms with E-state index < -0.39 is 0 Å². The lowest BCUT2D eigenvalue weighted by Gasteiger charge is -2.21. The summed E-state index contributed by atoms with van der Waals surface area (Å²) in [6, 6.07) is 17.8. The van der Waals surface area contributed by atoms with Gasteiger partial charge in [-0.1, -0.05) is 66.7 Å². The Morgan fingerprint density at radius 3 is 2.52 bits per heavy atom. The molecule has 0 saturated heterocycles. The van der Waals surface area contributed by atoms with E-state index in [1.54, 1.807) is 0 Å². The van der Waals surface area contributed by atoms with E-state index in [2.05, 4.69) is 4.98 Å². The number of fused-ring (bicyclic) bond motifs is 1. The topological polar surface area (TPSA) is 52.1 Å². The molecule has 1 aromatic heterocycles. The van der Waals surface area contributed by atoms with Gasteiger partial charge in [0.25, 0.3) is 0 Å². The monoisotopic (exact) mass is 378 g/mol. The minimum absolute atomic E-state index is 0.0915. The SMILES string of the molecule is O=C(CSc1nc(-c2ccccc2)nc2ccccc12)OC1CCCCC1. The van der Waals surface area contributed by atoms with Crippen molar-refractivity contribution in [3.05, 3.63) is 54.6 Å². The number of hydrogen-bond donors (Lipinski definition) is 0. The maximum Gasteiger partial charge on any atom is 0.316 e. The Morgan fingerprint density at radius 2 is 1.70 bits per heavy atom. The smallest absolute Gasteiger partial charge is 0.316 e. The van der Waals surface area contributed by atoms with Crippen molar-refractivity contribution in [3.63, 3.8) is 0 Å². The van der Waals surface area contributed by atoms with Gasteiger partial charge in [-0.25, -0.2) is 9.97 Å². The number of carbonyl (C=O) groups excluding carboxylic acids is 1. The molecular weight excluding hydrogens is 356 g/mol. The fraction of sp³-hybridized carbons (Fsp3) is 0.318. The number of para-hydroxylation sites is 1. The van der Waals surface area contributed by atoms with Gasteiger partial charge in [-0.15, -0.1) is 0 Å². The Kier molecular flexibility index (Phi) is 5.68. The van der Waals surface area contributed by atoms with Crippen LogP contribution in [0.2, 0.25) is 0 Å². The summed E-state index contributed by atoms with van der Waals surface area (Å²) >= 11 is 1.43. The molecule has 3 aromatic rings. The second-order valence-corrected chi connectivity index (χ2v) is 7.74. The number of carbonyl (C=O) groups is 1. The average Bonchev–Trinajstić information content (AvgIpc) is 2.73. The van der Waals surface area contributed by atoms with E-state index in [0.29, 0.717) is 5.82 Å². The third-order valence-electron chi connectivity index (χ3n) is 4.78. The summed E-state index contributed by atoms with van der Waals surface area (Å²) in [4.78, 5) is 21.7. The molecule has 1 heterocycles. The van der Waals surface area contributed by atoms with Crippen LogP contribution >= 0.6 is 11.8 Å². The molecule has 0 amide bonds. The maximum absolute atomic E-state index is 12.3. The second-order valence-electron chi connectivity index (χ2n) is 6.77. The number of nitrogens with zero attached hydrogens (tertiary/aromatic N) is 2. The molecule has 138 valence electrons. The van der Waals surface area contributed by atoms with Crippen molar-refractivity contribution in [3.8, 4) is 11.4 Å². The molecule has 1 saturated carbocycles. The van der Waals surface area contributed by atoms with E-state index in [1.165, 1.54) is 18.2 Å².